The largest absolute Gasteiger partial charge is 0.319 e. The molecule has 1 N–H and O–H groups in total. The molecular formula is C13H13F2N3O. The molecule has 0 spiro atoms. The number of carbonyl (C=O) groups is 1. The zero-order valence-corrected chi connectivity index (χ0v) is 10.5. The molecule has 1 aromatic heterocycles. The number of benzene rings is 1. The quantitative estimate of drug-likeness (QED) is 0.927. The summed E-state index contributed by atoms with van der Waals surface area (Å²) in [5.74, 6) is -2.91. The van der Waals surface area contributed by atoms with Crippen LogP contribution >= 0.6 is 0 Å². The van der Waals surface area contributed by atoms with Gasteiger partial charge in [0.2, 0.25) is 0 Å². The molecular weight excluding hydrogens is 252 g/mol. The Kier molecular flexibility index (Phi) is 3.59. The number of hydrogen-bond acceptors (Lipinski definition) is 2. The summed E-state index contributed by atoms with van der Waals surface area (Å²) in [6, 6.07) is 3.62. The van der Waals surface area contributed by atoms with Crippen LogP contribution in [0.15, 0.2) is 30.6 Å². The molecule has 2 rings (SSSR count). The van der Waals surface area contributed by atoms with Gasteiger partial charge < -0.3 is 5.32 Å². The number of nitrogens with one attached hydrogen (secondary N) is 1. The molecule has 0 bridgehead atoms. The first-order valence-corrected chi connectivity index (χ1v) is 5.78. The lowest BCUT2D eigenvalue weighted by molar-refractivity contribution is 0.102. The van der Waals surface area contributed by atoms with Crippen molar-refractivity contribution in [3.63, 3.8) is 0 Å². The Morgan fingerprint density at radius 1 is 1.37 bits per heavy atom. The molecule has 19 heavy (non-hydrogen) atoms. The third-order valence-corrected chi connectivity index (χ3v) is 2.58. The molecule has 0 saturated carbocycles. The topological polar surface area (TPSA) is 46.9 Å². The van der Waals surface area contributed by atoms with Crippen LogP contribution in [0.3, 0.4) is 0 Å². The van der Waals surface area contributed by atoms with Gasteiger partial charge in [-0.15, -0.1) is 0 Å². The average Bonchev–Trinajstić information content (AvgIpc) is 2.81. The molecule has 0 saturated heterocycles. The molecule has 0 unspecified atom stereocenters. The summed E-state index contributed by atoms with van der Waals surface area (Å²) in [5.41, 5.74) is 0.0969. The van der Waals surface area contributed by atoms with Gasteiger partial charge in [0.25, 0.3) is 5.91 Å². The second-order valence-corrected chi connectivity index (χ2v) is 4.36. The minimum absolute atomic E-state index is 0.150. The number of halogens is 2. The fraction of sp³-hybridized carbons (Fsp3) is 0.231. The molecule has 0 fully saturated rings. The van der Waals surface area contributed by atoms with Gasteiger partial charge in [0, 0.05) is 12.2 Å². The standard InChI is InChI=1S/C13H13F2N3O/c1-8(2)18-7-9(6-16-18)17-13(19)10-4-3-5-11(14)12(10)15/h3-8H,1-2H3,(H,17,19). The van der Waals surface area contributed by atoms with Crippen molar-refractivity contribution in [2.75, 3.05) is 5.32 Å². The van der Waals surface area contributed by atoms with E-state index >= 15 is 0 Å². The summed E-state index contributed by atoms with van der Waals surface area (Å²) in [7, 11) is 0. The number of aromatic nitrogens is 2. The van der Waals surface area contributed by atoms with Crippen molar-refractivity contribution < 1.29 is 13.6 Å². The van der Waals surface area contributed by atoms with Gasteiger partial charge in [-0.25, -0.2) is 8.78 Å². The summed E-state index contributed by atoms with van der Waals surface area (Å²) in [6.07, 6.45) is 3.08. The Labute approximate surface area is 109 Å². The Hall–Kier alpha value is -2.24. The van der Waals surface area contributed by atoms with Crippen molar-refractivity contribution in [1.82, 2.24) is 9.78 Å². The molecule has 0 aliphatic heterocycles. The van der Waals surface area contributed by atoms with Crippen molar-refractivity contribution >= 4 is 11.6 Å². The van der Waals surface area contributed by atoms with Gasteiger partial charge in [-0.1, -0.05) is 6.07 Å². The van der Waals surface area contributed by atoms with E-state index in [4.69, 9.17) is 0 Å². The number of amides is 1. The number of nitrogens with zero attached hydrogens (tertiary/aromatic N) is 2. The smallest absolute Gasteiger partial charge is 0.258 e. The summed E-state index contributed by atoms with van der Waals surface area (Å²) in [4.78, 5) is 11.8. The van der Waals surface area contributed by atoms with Crippen molar-refractivity contribution in [2.45, 2.75) is 19.9 Å². The van der Waals surface area contributed by atoms with Crippen LogP contribution in [0.1, 0.15) is 30.2 Å². The highest BCUT2D eigenvalue weighted by molar-refractivity contribution is 6.04. The first kappa shape index (κ1) is 13.2. The maximum Gasteiger partial charge on any atom is 0.258 e. The summed E-state index contributed by atoms with van der Waals surface area (Å²) < 4.78 is 28.1. The van der Waals surface area contributed by atoms with Gasteiger partial charge in [-0.05, 0) is 26.0 Å². The molecule has 0 radical (unpaired) electrons. The Morgan fingerprint density at radius 2 is 2.11 bits per heavy atom. The minimum atomic E-state index is -1.16. The van der Waals surface area contributed by atoms with E-state index in [2.05, 4.69) is 10.4 Å². The normalized spacial score (nSPS) is 10.8. The van der Waals surface area contributed by atoms with E-state index in [1.54, 1.807) is 10.9 Å². The maximum atomic E-state index is 13.4. The van der Waals surface area contributed by atoms with Crippen LogP contribution < -0.4 is 5.32 Å². The molecule has 6 heteroatoms. The summed E-state index contributed by atoms with van der Waals surface area (Å²) >= 11 is 0. The van der Waals surface area contributed by atoms with Gasteiger partial charge >= 0.3 is 0 Å². The molecule has 0 aliphatic carbocycles. The summed E-state index contributed by atoms with van der Waals surface area (Å²) in [6.45, 7) is 3.87. The second-order valence-electron chi connectivity index (χ2n) is 4.36. The number of hydrogen-bond donors (Lipinski definition) is 1. The third-order valence-electron chi connectivity index (χ3n) is 2.58. The van der Waals surface area contributed by atoms with E-state index in [1.165, 1.54) is 18.3 Å². The third kappa shape index (κ3) is 2.78. The van der Waals surface area contributed by atoms with Crippen LogP contribution in [0.5, 0.6) is 0 Å². The van der Waals surface area contributed by atoms with Crippen LogP contribution in [0, 0.1) is 11.6 Å². The van der Waals surface area contributed by atoms with Crippen molar-refractivity contribution in [1.29, 1.82) is 0 Å². The zero-order valence-electron chi connectivity index (χ0n) is 10.5. The van der Waals surface area contributed by atoms with Crippen LogP contribution in [0.25, 0.3) is 0 Å². The first-order chi connectivity index (χ1) is 8.99. The monoisotopic (exact) mass is 265 g/mol. The number of anilines is 1. The van der Waals surface area contributed by atoms with E-state index in [1.807, 2.05) is 13.8 Å². The fourth-order valence-corrected chi connectivity index (χ4v) is 1.56. The highest BCUT2D eigenvalue weighted by atomic mass is 19.2. The second kappa shape index (κ2) is 5.17. The van der Waals surface area contributed by atoms with Crippen molar-refractivity contribution in [3.8, 4) is 0 Å². The van der Waals surface area contributed by atoms with E-state index in [-0.39, 0.29) is 11.6 Å². The van der Waals surface area contributed by atoms with Crippen LogP contribution in [0.2, 0.25) is 0 Å². The maximum absolute atomic E-state index is 13.4. The molecule has 1 amide bonds. The van der Waals surface area contributed by atoms with Crippen molar-refractivity contribution in [2.24, 2.45) is 0 Å². The average molecular weight is 265 g/mol. The Morgan fingerprint density at radius 3 is 2.74 bits per heavy atom. The molecule has 4 nitrogen and oxygen atoms in total. The number of carbonyl (C=O) groups excluding carboxylic acids is 1. The predicted molar refractivity (Wildman–Crippen MR) is 66.9 cm³/mol. The SMILES string of the molecule is CC(C)n1cc(NC(=O)c2cccc(F)c2F)cn1. The molecule has 2 aromatic rings. The predicted octanol–water partition coefficient (Wildman–Crippen LogP) is 2.99. The lowest BCUT2D eigenvalue weighted by atomic mass is 10.2. The number of rotatable bonds is 3. The van der Waals surface area contributed by atoms with Crippen LogP contribution in [-0.4, -0.2) is 15.7 Å². The van der Waals surface area contributed by atoms with Gasteiger partial charge in [-0.2, -0.15) is 5.10 Å². The lowest BCUT2D eigenvalue weighted by Gasteiger charge is -2.05. The van der Waals surface area contributed by atoms with Gasteiger partial charge in [0.1, 0.15) is 0 Å². The van der Waals surface area contributed by atoms with E-state index in [0.717, 1.165) is 6.07 Å². The fourth-order valence-electron chi connectivity index (χ4n) is 1.56. The van der Waals surface area contributed by atoms with E-state index < -0.39 is 17.5 Å². The Balaban J connectivity index is 2.18. The highest BCUT2D eigenvalue weighted by Gasteiger charge is 2.15. The zero-order chi connectivity index (χ0) is 14.0. The lowest BCUT2D eigenvalue weighted by Crippen LogP contribution is -2.14. The van der Waals surface area contributed by atoms with Gasteiger partial charge in [0.15, 0.2) is 11.6 Å². The van der Waals surface area contributed by atoms with Crippen molar-refractivity contribution in [3.05, 3.63) is 47.8 Å². The van der Waals surface area contributed by atoms with Crippen LogP contribution in [-0.2, 0) is 0 Å². The minimum Gasteiger partial charge on any atom is -0.319 e. The molecule has 1 heterocycles. The highest BCUT2D eigenvalue weighted by Crippen LogP contribution is 2.15. The molecule has 1 aromatic carbocycles. The van der Waals surface area contributed by atoms with Gasteiger partial charge in [-0.3, -0.25) is 9.48 Å². The van der Waals surface area contributed by atoms with E-state index in [0.29, 0.717) is 5.69 Å². The Bertz CT molecular complexity index is 608. The molecule has 0 atom stereocenters. The van der Waals surface area contributed by atoms with E-state index in [9.17, 15) is 13.6 Å². The molecule has 100 valence electrons. The molecule has 0 aliphatic rings. The first-order valence-electron chi connectivity index (χ1n) is 5.78. The summed E-state index contributed by atoms with van der Waals surface area (Å²) in [5, 5.41) is 6.51. The van der Waals surface area contributed by atoms with Crippen LogP contribution in [0.4, 0.5) is 14.5 Å². The van der Waals surface area contributed by atoms with Gasteiger partial charge in [0.05, 0.1) is 17.4 Å².